The van der Waals surface area contributed by atoms with E-state index < -0.39 is 5.97 Å². The Kier molecular flexibility index (Phi) is 5.99. The smallest absolute Gasteiger partial charge is 0.363 e. The lowest BCUT2D eigenvalue weighted by atomic mass is 10.1. The molecule has 0 saturated carbocycles. The maximum Gasteiger partial charge on any atom is 0.363 e. The molecule has 0 radical (unpaired) electrons. The van der Waals surface area contributed by atoms with Crippen LogP contribution < -0.4 is 14.2 Å². The van der Waals surface area contributed by atoms with Crippen molar-refractivity contribution in [2.45, 2.75) is 20.8 Å². The number of cyclic esters (lactones) is 1. The molecule has 28 heavy (non-hydrogen) atoms. The fourth-order valence-electron chi connectivity index (χ4n) is 2.87. The summed E-state index contributed by atoms with van der Waals surface area (Å²) < 4.78 is 21.8. The zero-order chi connectivity index (χ0) is 20.1. The second kappa shape index (κ2) is 8.61. The Labute approximate surface area is 164 Å². The standard InChI is InChI=1S/C22H23NO5/c1-5-26-19-10-8-16(13-20(19)27-6-2)21-23-17(22(24)28-21)12-15-7-9-18(25-4)14(3)11-15/h7-13H,5-6H2,1-4H3/b17-12-. The van der Waals surface area contributed by atoms with E-state index in [0.29, 0.717) is 30.3 Å². The van der Waals surface area contributed by atoms with Gasteiger partial charge in [0.2, 0.25) is 5.90 Å². The van der Waals surface area contributed by atoms with Crippen molar-refractivity contribution in [3.05, 3.63) is 58.8 Å². The van der Waals surface area contributed by atoms with Gasteiger partial charge in [-0.2, -0.15) is 0 Å². The quantitative estimate of drug-likeness (QED) is 0.533. The normalized spacial score (nSPS) is 14.6. The molecular weight excluding hydrogens is 358 g/mol. The molecule has 0 fully saturated rings. The van der Waals surface area contributed by atoms with Crippen LogP contribution >= 0.6 is 0 Å². The third kappa shape index (κ3) is 4.17. The summed E-state index contributed by atoms with van der Waals surface area (Å²) in [7, 11) is 1.62. The number of nitrogens with zero attached hydrogens (tertiary/aromatic N) is 1. The van der Waals surface area contributed by atoms with Gasteiger partial charge in [0.25, 0.3) is 0 Å². The van der Waals surface area contributed by atoms with E-state index in [2.05, 4.69) is 4.99 Å². The second-order valence-corrected chi connectivity index (χ2v) is 6.09. The van der Waals surface area contributed by atoms with Crippen molar-refractivity contribution < 1.29 is 23.7 Å². The molecule has 3 rings (SSSR count). The Morgan fingerprint density at radius 3 is 2.39 bits per heavy atom. The topological polar surface area (TPSA) is 66.4 Å². The number of aryl methyl sites for hydroxylation is 1. The van der Waals surface area contributed by atoms with Gasteiger partial charge in [0.1, 0.15) is 5.75 Å². The number of hydrogen-bond acceptors (Lipinski definition) is 6. The van der Waals surface area contributed by atoms with Crippen molar-refractivity contribution in [2.75, 3.05) is 20.3 Å². The van der Waals surface area contributed by atoms with Crippen LogP contribution in [0.1, 0.15) is 30.5 Å². The number of carbonyl (C=O) groups excluding carboxylic acids is 1. The number of methoxy groups -OCH3 is 1. The number of hydrogen-bond donors (Lipinski definition) is 0. The highest BCUT2D eigenvalue weighted by molar-refractivity contribution is 6.13. The Morgan fingerprint density at radius 2 is 1.71 bits per heavy atom. The fraction of sp³-hybridized carbons (Fsp3) is 0.273. The van der Waals surface area contributed by atoms with E-state index in [1.807, 2.05) is 39.0 Å². The molecule has 6 heteroatoms. The van der Waals surface area contributed by atoms with Crippen molar-refractivity contribution >= 4 is 17.9 Å². The SMILES string of the molecule is CCOc1ccc(C2=N/C(=C\c3ccc(OC)c(C)c3)C(=O)O2)cc1OCC. The molecule has 0 aromatic heterocycles. The molecule has 1 heterocycles. The summed E-state index contributed by atoms with van der Waals surface area (Å²) in [5.41, 5.74) is 2.71. The highest BCUT2D eigenvalue weighted by Gasteiger charge is 2.25. The summed E-state index contributed by atoms with van der Waals surface area (Å²) in [5, 5.41) is 0. The van der Waals surface area contributed by atoms with Gasteiger partial charge in [-0.25, -0.2) is 9.79 Å². The van der Waals surface area contributed by atoms with Crippen LogP contribution in [-0.2, 0) is 9.53 Å². The van der Waals surface area contributed by atoms with Crippen molar-refractivity contribution in [1.82, 2.24) is 0 Å². The Morgan fingerprint density at radius 1 is 1.00 bits per heavy atom. The summed E-state index contributed by atoms with van der Waals surface area (Å²) in [6.07, 6.45) is 1.69. The molecule has 2 aromatic rings. The predicted molar refractivity (Wildman–Crippen MR) is 107 cm³/mol. The summed E-state index contributed by atoms with van der Waals surface area (Å²) in [4.78, 5) is 16.6. The zero-order valence-electron chi connectivity index (χ0n) is 16.4. The van der Waals surface area contributed by atoms with Crippen LogP contribution in [0.5, 0.6) is 17.2 Å². The first-order valence-electron chi connectivity index (χ1n) is 9.13. The number of aliphatic imine (C=N–C) groups is 1. The molecule has 0 saturated heterocycles. The molecule has 2 aromatic carbocycles. The largest absolute Gasteiger partial charge is 0.496 e. The third-order valence-corrected chi connectivity index (χ3v) is 4.13. The van der Waals surface area contributed by atoms with E-state index in [9.17, 15) is 4.79 Å². The van der Waals surface area contributed by atoms with Crippen LogP contribution in [0, 0.1) is 6.92 Å². The minimum Gasteiger partial charge on any atom is -0.496 e. The van der Waals surface area contributed by atoms with E-state index in [-0.39, 0.29) is 11.6 Å². The molecule has 0 unspecified atom stereocenters. The molecule has 0 N–H and O–H groups in total. The lowest BCUT2D eigenvalue weighted by Crippen LogP contribution is -2.06. The highest BCUT2D eigenvalue weighted by atomic mass is 16.6. The van der Waals surface area contributed by atoms with Crippen LogP contribution in [0.3, 0.4) is 0 Å². The summed E-state index contributed by atoms with van der Waals surface area (Å²) in [6, 6.07) is 11.0. The minimum atomic E-state index is -0.490. The van der Waals surface area contributed by atoms with Crippen LogP contribution in [0.2, 0.25) is 0 Å². The maximum atomic E-state index is 12.3. The number of rotatable bonds is 7. The van der Waals surface area contributed by atoms with Gasteiger partial charge in [0.05, 0.1) is 20.3 Å². The maximum absolute atomic E-state index is 12.3. The molecule has 0 spiro atoms. The Hall–Kier alpha value is -3.28. The lowest BCUT2D eigenvalue weighted by Gasteiger charge is -2.11. The van der Waals surface area contributed by atoms with Gasteiger partial charge in [-0.3, -0.25) is 0 Å². The number of benzene rings is 2. The first kappa shape index (κ1) is 19.5. The lowest BCUT2D eigenvalue weighted by molar-refractivity contribution is -0.129. The van der Waals surface area contributed by atoms with Crippen LogP contribution in [0.15, 0.2) is 47.1 Å². The van der Waals surface area contributed by atoms with Crippen molar-refractivity contribution in [3.8, 4) is 17.2 Å². The van der Waals surface area contributed by atoms with E-state index in [4.69, 9.17) is 18.9 Å². The molecule has 0 bridgehead atoms. The summed E-state index contributed by atoms with van der Waals surface area (Å²) in [5.74, 6) is 1.77. The van der Waals surface area contributed by atoms with Crippen LogP contribution in [0.4, 0.5) is 0 Å². The first-order valence-corrected chi connectivity index (χ1v) is 9.13. The van der Waals surface area contributed by atoms with Crippen LogP contribution in [-0.4, -0.2) is 32.2 Å². The van der Waals surface area contributed by atoms with Gasteiger partial charge < -0.3 is 18.9 Å². The fourth-order valence-corrected chi connectivity index (χ4v) is 2.87. The second-order valence-electron chi connectivity index (χ2n) is 6.09. The zero-order valence-corrected chi connectivity index (χ0v) is 16.4. The van der Waals surface area contributed by atoms with Crippen molar-refractivity contribution in [3.63, 3.8) is 0 Å². The average Bonchev–Trinajstić information content (AvgIpc) is 3.04. The predicted octanol–water partition coefficient (Wildman–Crippen LogP) is 4.15. The summed E-state index contributed by atoms with van der Waals surface area (Å²) in [6.45, 7) is 6.77. The van der Waals surface area contributed by atoms with Crippen LogP contribution in [0.25, 0.3) is 6.08 Å². The van der Waals surface area contributed by atoms with Gasteiger partial charge in [0, 0.05) is 5.56 Å². The monoisotopic (exact) mass is 381 g/mol. The first-order chi connectivity index (χ1) is 13.5. The van der Waals surface area contributed by atoms with Gasteiger partial charge in [-0.15, -0.1) is 0 Å². The molecule has 0 atom stereocenters. The van der Waals surface area contributed by atoms with Gasteiger partial charge in [0.15, 0.2) is 17.2 Å². The Balaban J connectivity index is 1.91. The molecule has 0 amide bonds. The van der Waals surface area contributed by atoms with Crippen molar-refractivity contribution in [1.29, 1.82) is 0 Å². The third-order valence-electron chi connectivity index (χ3n) is 4.13. The van der Waals surface area contributed by atoms with Gasteiger partial charge in [-0.1, -0.05) is 6.07 Å². The number of carbonyl (C=O) groups is 1. The average molecular weight is 381 g/mol. The molecular formula is C22H23NO5. The molecule has 1 aliphatic rings. The Bertz CT molecular complexity index is 946. The number of ether oxygens (including phenoxy) is 4. The molecule has 146 valence electrons. The highest BCUT2D eigenvalue weighted by Crippen LogP contribution is 2.30. The van der Waals surface area contributed by atoms with Gasteiger partial charge >= 0.3 is 5.97 Å². The van der Waals surface area contributed by atoms with E-state index in [1.165, 1.54) is 0 Å². The van der Waals surface area contributed by atoms with E-state index in [0.717, 1.165) is 16.9 Å². The summed E-state index contributed by atoms with van der Waals surface area (Å²) >= 11 is 0. The molecule has 6 nitrogen and oxygen atoms in total. The van der Waals surface area contributed by atoms with Crippen molar-refractivity contribution in [2.24, 2.45) is 4.99 Å². The molecule has 1 aliphatic heterocycles. The van der Waals surface area contributed by atoms with E-state index in [1.54, 1.807) is 31.4 Å². The molecule has 0 aliphatic carbocycles. The minimum absolute atomic E-state index is 0.241. The number of esters is 1. The van der Waals surface area contributed by atoms with Gasteiger partial charge in [-0.05, 0) is 68.3 Å². The van der Waals surface area contributed by atoms with E-state index >= 15 is 0 Å².